The van der Waals surface area contributed by atoms with Gasteiger partial charge in [0.05, 0.1) is 17.1 Å². The predicted octanol–water partition coefficient (Wildman–Crippen LogP) is 2.66. The Labute approximate surface area is 111 Å². The highest BCUT2D eigenvalue weighted by molar-refractivity contribution is 6.32. The van der Waals surface area contributed by atoms with Crippen molar-refractivity contribution in [1.82, 2.24) is 0 Å². The summed E-state index contributed by atoms with van der Waals surface area (Å²) < 4.78 is 0. The van der Waals surface area contributed by atoms with E-state index in [-0.39, 0.29) is 10.7 Å². The van der Waals surface area contributed by atoms with Gasteiger partial charge < -0.3 is 10.8 Å². The van der Waals surface area contributed by atoms with Gasteiger partial charge in [0, 0.05) is 6.07 Å². The molecule has 1 aromatic carbocycles. The van der Waals surface area contributed by atoms with Crippen LogP contribution in [-0.4, -0.2) is 16.1 Å². The number of nitro groups is 1. The highest BCUT2D eigenvalue weighted by Gasteiger charge is 2.30. The van der Waals surface area contributed by atoms with E-state index in [1.165, 1.54) is 12.1 Å². The molecule has 0 bridgehead atoms. The van der Waals surface area contributed by atoms with Gasteiger partial charge >= 0.3 is 0 Å². The Hall–Kier alpha value is -1.17. The topological polar surface area (TPSA) is 89.4 Å². The first-order valence-corrected chi connectivity index (χ1v) is 5.90. The molecule has 1 rings (SSSR count). The summed E-state index contributed by atoms with van der Waals surface area (Å²) in [6.07, 6.45) is -0.807. The maximum atomic E-state index is 10.8. The number of nitro benzene ring substituents is 1. The van der Waals surface area contributed by atoms with Gasteiger partial charge in [-0.15, -0.1) is 0 Å². The largest absolute Gasteiger partial charge is 0.391 e. The van der Waals surface area contributed by atoms with Gasteiger partial charge in [-0.25, -0.2) is 0 Å². The van der Waals surface area contributed by atoms with Crippen molar-refractivity contribution >= 4 is 17.3 Å². The Morgan fingerprint density at radius 3 is 2.44 bits per heavy atom. The van der Waals surface area contributed by atoms with Crippen LogP contribution in [0, 0.1) is 15.5 Å². The van der Waals surface area contributed by atoms with Crippen molar-refractivity contribution < 1.29 is 10.0 Å². The zero-order chi connectivity index (χ0) is 14.1. The second-order valence-corrected chi connectivity index (χ2v) is 5.71. The van der Waals surface area contributed by atoms with Crippen molar-refractivity contribution in [1.29, 1.82) is 0 Å². The Morgan fingerprint density at radius 1 is 1.44 bits per heavy atom. The summed E-state index contributed by atoms with van der Waals surface area (Å²) in [6, 6.07) is 3.63. The van der Waals surface area contributed by atoms with Crippen molar-refractivity contribution in [2.75, 3.05) is 0 Å². The Bertz CT molecular complexity index is 457. The van der Waals surface area contributed by atoms with E-state index in [9.17, 15) is 15.2 Å². The Morgan fingerprint density at radius 2 is 2.00 bits per heavy atom. The summed E-state index contributed by atoms with van der Waals surface area (Å²) in [7, 11) is 0. The Balaban J connectivity index is 3.11. The summed E-state index contributed by atoms with van der Waals surface area (Å²) in [5.74, 6) is 0. The maximum Gasteiger partial charge on any atom is 0.288 e. The molecule has 3 N–H and O–H groups in total. The van der Waals surface area contributed by atoms with Crippen LogP contribution in [0.15, 0.2) is 18.2 Å². The number of aliphatic hydroxyl groups is 1. The number of hydrogen-bond donors (Lipinski definition) is 2. The van der Waals surface area contributed by atoms with Gasteiger partial charge in [-0.2, -0.15) is 0 Å². The third kappa shape index (κ3) is 3.19. The Kier molecular flexibility index (Phi) is 4.32. The molecule has 0 aliphatic heterocycles. The minimum absolute atomic E-state index is 0.0567. The number of rotatable bonds is 3. The standard InChI is InChI=1S/C12H17ClN2O3/c1-12(2,3)11(16)10(14)7-4-5-8(13)9(6-7)15(17)18/h4-6,10-11,16H,14H2,1-3H3/t10-,11-/m1/s1. The quantitative estimate of drug-likeness (QED) is 0.654. The lowest BCUT2D eigenvalue weighted by molar-refractivity contribution is -0.384. The molecule has 5 nitrogen and oxygen atoms in total. The van der Waals surface area contributed by atoms with Gasteiger partial charge in [0.25, 0.3) is 5.69 Å². The van der Waals surface area contributed by atoms with E-state index in [4.69, 9.17) is 17.3 Å². The van der Waals surface area contributed by atoms with E-state index >= 15 is 0 Å². The van der Waals surface area contributed by atoms with Crippen LogP contribution in [-0.2, 0) is 0 Å². The van der Waals surface area contributed by atoms with Gasteiger partial charge in [-0.05, 0) is 17.0 Å². The highest BCUT2D eigenvalue weighted by atomic mass is 35.5. The van der Waals surface area contributed by atoms with Gasteiger partial charge in [-0.1, -0.05) is 38.4 Å². The first-order chi connectivity index (χ1) is 8.14. The van der Waals surface area contributed by atoms with E-state index < -0.39 is 22.5 Å². The molecule has 2 atom stereocenters. The fourth-order valence-corrected chi connectivity index (χ4v) is 1.78. The minimum Gasteiger partial charge on any atom is -0.391 e. The van der Waals surface area contributed by atoms with Gasteiger partial charge in [-0.3, -0.25) is 10.1 Å². The third-order valence-electron chi connectivity index (χ3n) is 2.78. The molecule has 18 heavy (non-hydrogen) atoms. The van der Waals surface area contributed by atoms with Gasteiger partial charge in [0.1, 0.15) is 5.02 Å². The molecule has 0 saturated carbocycles. The number of aliphatic hydroxyl groups excluding tert-OH is 1. The van der Waals surface area contributed by atoms with Crippen LogP contribution in [0.4, 0.5) is 5.69 Å². The molecule has 0 spiro atoms. The molecule has 0 fully saturated rings. The van der Waals surface area contributed by atoms with Crippen molar-refractivity contribution in [3.63, 3.8) is 0 Å². The summed E-state index contributed by atoms with van der Waals surface area (Å²) >= 11 is 5.72. The first-order valence-electron chi connectivity index (χ1n) is 5.52. The van der Waals surface area contributed by atoms with Crippen LogP contribution in [0.25, 0.3) is 0 Å². The van der Waals surface area contributed by atoms with Crippen LogP contribution in [0.3, 0.4) is 0 Å². The lowest BCUT2D eigenvalue weighted by Crippen LogP contribution is -2.36. The lowest BCUT2D eigenvalue weighted by atomic mass is 9.82. The summed E-state index contributed by atoms with van der Waals surface area (Å²) in [5, 5.41) is 20.9. The molecule has 0 aliphatic carbocycles. The van der Waals surface area contributed by atoms with Crippen LogP contribution in [0.5, 0.6) is 0 Å². The van der Waals surface area contributed by atoms with E-state index in [1.54, 1.807) is 6.07 Å². The molecule has 0 unspecified atom stereocenters. The fourth-order valence-electron chi connectivity index (χ4n) is 1.60. The fraction of sp³-hybridized carbons (Fsp3) is 0.500. The van der Waals surface area contributed by atoms with E-state index in [2.05, 4.69) is 0 Å². The van der Waals surface area contributed by atoms with Crippen molar-refractivity contribution in [3.05, 3.63) is 38.9 Å². The van der Waals surface area contributed by atoms with Crippen molar-refractivity contribution in [2.45, 2.75) is 32.9 Å². The molecular weight excluding hydrogens is 256 g/mol. The zero-order valence-electron chi connectivity index (χ0n) is 10.6. The van der Waals surface area contributed by atoms with Crippen LogP contribution < -0.4 is 5.73 Å². The second-order valence-electron chi connectivity index (χ2n) is 5.30. The smallest absolute Gasteiger partial charge is 0.288 e. The average molecular weight is 273 g/mol. The average Bonchev–Trinajstić information content (AvgIpc) is 2.26. The number of halogens is 1. The van der Waals surface area contributed by atoms with E-state index in [0.29, 0.717) is 5.56 Å². The lowest BCUT2D eigenvalue weighted by Gasteiger charge is -2.30. The monoisotopic (exact) mass is 272 g/mol. The maximum absolute atomic E-state index is 10.8. The molecule has 0 aliphatic rings. The van der Waals surface area contributed by atoms with E-state index in [0.717, 1.165) is 0 Å². The third-order valence-corrected chi connectivity index (χ3v) is 3.10. The summed E-state index contributed by atoms with van der Waals surface area (Å²) in [5.41, 5.74) is 5.81. The molecule has 6 heteroatoms. The van der Waals surface area contributed by atoms with E-state index in [1.807, 2.05) is 20.8 Å². The van der Waals surface area contributed by atoms with Crippen molar-refractivity contribution in [2.24, 2.45) is 11.1 Å². The minimum atomic E-state index is -0.807. The SMILES string of the molecule is CC(C)(C)[C@H](O)[C@H](N)c1ccc(Cl)c([N+](=O)[O-])c1. The number of benzene rings is 1. The van der Waals surface area contributed by atoms with Gasteiger partial charge in [0.2, 0.25) is 0 Å². The molecule has 1 aromatic rings. The second kappa shape index (κ2) is 5.22. The highest BCUT2D eigenvalue weighted by Crippen LogP contribution is 2.32. The molecular formula is C12H17ClN2O3. The van der Waals surface area contributed by atoms with Crippen molar-refractivity contribution in [3.8, 4) is 0 Å². The molecule has 0 amide bonds. The molecule has 0 radical (unpaired) electrons. The number of hydrogen-bond acceptors (Lipinski definition) is 4. The zero-order valence-corrected chi connectivity index (χ0v) is 11.3. The summed E-state index contributed by atoms with van der Waals surface area (Å²) in [6.45, 7) is 5.55. The molecule has 0 aromatic heterocycles. The predicted molar refractivity (Wildman–Crippen MR) is 70.5 cm³/mol. The summed E-state index contributed by atoms with van der Waals surface area (Å²) in [4.78, 5) is 10.2. The molecule has 0 heterocycles. The normalized spacial score (nSPS) is 15.2. The first kappa shape index (κ1) is 14.9. The molecule has 0 saturated heterocycles. The number of nitrogens with zero attached hydrogens (tertiary/aromatic N) is 1. The van der Waals surface area contributed by atoms with Crippen LogP contribution >= 0.6 is 11.6 Å². The van der Waals surface area contributed by atoms with Crippen LogP contribution in [0.2, 0.25) is 5.02 Å². The van der Waals surface area contributed by atoms with Crippen LogP contribution in [0.1, 0.15) is 32.4 Å². The number of nitrogens with two attached hydrogens (primary N) is 1. The van der Waals surface area contributed by atoms with Gasteiger partial charge in [0.15, 0.2) is 0 Å². The molecule has 100 valence electrons.